The molecular weight excluding hydrogens is 188 g/mol. The van der Waals surface area contributed by atoms with Crippen LogP contribution < -0.4 is 5.73 Å². The molecule has 15 heavy (non-hydrogen) atoms. The lowest BCUT2D eigenvalue weighted by Crippen LogP contribution is -2.26. The van der Waals surface area contributed by atoms with E-state index < -0.39 is 0 Å². The van der Waals surface area contributed by atoms with Crippen LogP contribution in [-0.2, 0) is 6.54 Å². The Morgan fingerprint density at radius 3 is 2.93 bits per heavy atom. The molecule has 1 fully saturated rings. The molecule has 1 heterocycles. The van der Waals surface area contributed by atoms with Gasteiger partial charge in [-0.2, -0.15) is 0 Å². The van der Waals surface area contributed by atoms with Crippen LogP contribution in [0.25, 0.3) is 0 Å². The maximum atomic E-state index is 9.32. The van der Waals surface area contributed by atoms with Crippen molar-refractivity contribution in [3.8, 4) is 5.75 Å². The molecule has 1 aliphatic rings. The Hall–Kier alpha value is -1.22. The van der Waals surface area contributed by atoms with Gasteiger partial charge in [0.15, 0.2) is 0 Å². The number of phenols is 1. The van der Waals surface area contributed by atoms with E-state index >= 15 is 0 Å². The fourth-order valence-corrected chi connectivity index (χ4v) is 2.16. The number of benzene rings is 1. The first-order chi connectivity index (χ1) is 7.16. The number of hydrogen-bond acceptors (Lipinski definition) is 3. The van der Waals surface area contributed by atoms with Gasteiger partial charge in [0.05, 0.1) is 5.69 Å². The summed E-state index contributed by atoms with van der Waals surface area (Å²) in [6.07, 6.45) is 2.57. The van der Waals surface area contributed by atoms with Crippen LogP contribution in [0, 0.1) is 0 Å². The lowest BCUT2D eigenvalue weighted by atomic mass is 10.1. The van der Waals surface area contributed by atoms with Gasteiger partial charge >= 0.3 is 0 Å². The first-order valence-corrected chi connectivity index (χ1v) is 5.48. The first kappa shape index (κ1) is 10.3. The molecule has 3 N–H and O–H groups in total. The molecule has 3 nitrogen and oxygen atoms in total. The highest BCUT2D eigenvalue weighted by Crippen LogP contribution is 2.24. The SMILES string of the molecule is CC1CCCN1Cc1ccc(O)c(N)c1. The van der Waals surface area contributed by atoms with Crippen molar-refractivity contribution in [2.45, 2.75) is 32.4 Å². The van der Waals surface area contributed by atoms with Gasteiger partial charge < -0.3 is 10.8 Å². The van der Waals surface area contributed by atoms with Crippen LogP contribution in [0.15, 0.2) is 18.2 Å². The summed E-state index contributed by atoms with van der Waals surface area (Å²) in [4.78, 5) is 2.45. The molecule has 1 unspecified atom stereocenters. The van der Waals surface area contributed by atoms with Crippen LogP contribution in [0.5, 0.6) is 5.75 Å². The normalized spacial score (nSPS) is 22.1. The standard InChI is InChI=1S/C12H18N2O/c1-9-3-2-6-14(9)8-10-4-5-12(15)11(13)7-10/h4-5,7,9,15H,2-3,6,8,13H2,1H3. The van der Waals surface area contributed by atoms with Crippen molar-refractivity contribution in [1.82, 2.24) is 4.90 Å². The third-order valence-corrected chi connectivity index (χ3v) is 3.17. The molecule has 0 amide bonds. The molecule has 0 spiro atoms. The van der Waals surface area contributed by atoms with Crippen molar-refractivity contribution in [2.75, 3.05) is 12.3 Å². The van der Waals surface area contributed by atoms with E-state index in [9.17, 15) is 5.11 Å². The monoisotopic (exact) mass is 206 g/mol. The third kappa shape index (κ3) is 2.23. The number of nitrogens with zero attached hydrogens (tertiary/aromatic N) is 1. The Labute approximate surface area is 90.5 Å². The largest absolute Gasteiger partial charge is 0.506 e. The average Bonchev–Trinajstić information content (AvgIpc) is 2.59. The van der Waals surface area contributed by atoms with Gasteiger partial charge in [0.1, 0.15) is 5.75 Å². The van der Waals surface area contributed by atoms with Crippen molar-refractivity contribution >= 4 is 5.69 Å². The van der Waals surface area contributed by atoms with Gasteiger partial charge in [-0.15, -0.1) is 0 Å². The fraction of sp³-hybridized carbons (Fsp3) is 0.500. The van der Waals surface area contributed by atoms with Crippen LogP contribution in [0.4, 0.5) is 5.69 Å². The number of nitrogen functional groups attached to an aromatic ring is 1. The minimum atomic E-state index is 0.174. The number of hydrogen-bond donors (Lipinski definition) is 2. The Morgan fingerprint density at radius 2 is 2.33 bits per heavy atom. The van der Waals surface area contributed by atoms with E-state index in [-0.39, 0.29) is 5.75 Å². The summed E-state index contributed by atoms with van der Waals surface area (Å²) in [5, 5.41) is 9.32. The maximum Gasteiger partial charge on any atom is 0.138 e. The maximum absolute atomic E-state index is 9.32. The number of likely N-dealkylation sites (tertiary alicyclic amines) is 1. The Morgan fingerprint density at radius 1 is 1.53 bits per heavy atom. The molecule has 0 saturated carbocycles. The second-order valence-electron chi connectivity index (χ2n) is 4.35. The molecule has 1 aliphatic heterocycles. The number of nitrogens with two attached hydrogens (primary N) is 1. The van der Waals surface area contributed by atoms with Gasteiger partial charge in [-0.1, -0.05) is 6.07 Å². The molecule has 82 valence electrons. The molecule has 1 saturated heterocycles. The number of rotatable bonds is 2. The van der Waals surface area contributed by atoms with Crippen molar-refractivity contribution in [1.29, 1.82) is 0 Å². The molecule has 1 aromatic carbocycles. The van der Waals surface area contributed by atoms with Crippen LogP contribution >= 0.6 is 0 Å². The van der Waals surface area contributed by atoms with Crippen LogP contribution in [0.3, 0.4) is 0 Å². The van der Waals surface area contributed by atoms with E-state index in [0.29, 0.717) is 11.7 Å². The van der Waals surface area contributed by atoms with Gasteiger partial charge in [-0.25, -0.2) is 0 Å². The van der Waals surface area contributed by atoms with Crippen LogP contribution in [-0.4, -0.2) is 22.6 Å². The van der Waals surface area contributed by atoms with Crippen molar-refractivity contribution in [2.24, 2.45) is 0 Å². The number of phenolic OH excluding ortho intramolecular Hbond substituents is 1. The molecule has 0 aromatic heterocycles. The fourth-order valence-electron chi connectivity index (χ4n) is 2.16. The molecule has 1 aromatic rings. The molecule has 0 aliphatic carbocycles. The molecular formula is C12H18N2O. The zero-order chi connectivity index (χ0) is 10.8. The number of aromatic hydroxyl groups is 1. The van der Waals surface area contributed by atoms with Crippen molar-refractivity contribution < 1.29 is 5.11 Å². The predicted octanol–water partition coefficient (Wildman–Crippen LogP) is 1.96. The van der Waals surface area contributed by atoms with E-state index in [1.807, 2.05) is 12.1 Å². The summed E-state index contributed by atoms with van der Waals surface area (Å²) >= 11 is 0. The zero-order valence-electron chi connectivity index (χ0n) is 9.11. The summed E-state index contributed by atoms with van der Waals surface area (Å²) in [5.74, 6) is 0.174. The molecule has 2 rings (SSSR count). The summed E-state index contributed by atoms with van der Waals surface area (Å²) in [6, 6.07) is 6.14. The van der Waals surface area contributed by atoms with Gasteiger partial charge in [0, 0.05) is 12.6 Å². The Bertz CT molecular complexity index is 351. The van der Waals surface area contributed by atoms with Crippen molar-refractivity contribution in [3.05, 3.63) is 23.8 Å². The molecule has 0 bridgehead atoms. The lowest BCUT2D eigenvalue weighted by Gasteiger charge is -2.21. The smallest absolute Gasteiger partial charge is 0.138 e. The van der Waals surface area contributed by atoms with E-state index in [1.54, 1.807) is 6.07 Å². The minimum absolute atomic E-state index is 0.174. The summed E-state index contributed by atoms with van der Waals surface area (Å²) in [6.45, 7) is 4.37. The van der Waals surface area contributed by atoms with Gasteiger partial charge in [-0.3, -0.25) is 4.90 Å². The summed E-state index contributed by atoms with van der Waals surface area (Å²) < 4.78 is 0. The predicted molar refractivity (Wildman–Crippen MR) is 61.6 cm³/mol. The first-order valence-electron chi connectivity index (χ1n) is 5.48. The van der Waals surface area contributed by atoms with E-state index in [1.165, 1.54) is 24.9 Å². The second kappa shape index (κ2) is 4.11. The minimum Gasteiger partial charge on any atom is -0.506 e. The highest BCUT2D eigenvalue weighted by Gasteiger charge is 2.19. The summed E-state index contributed by atoms with van der Waals surface area (Å²) in [5.41, 5.74) is 7.31. The van der Waals surface area contributed by atoms with Gasteiger partial charge in [-0.05, 0) is 44.0 Å². The van der Waals surface area contributed by atoms with E-state index in [2.05, 4.69) is 11.8 Å². The topological polar surface area (TPSA) is 49.5 Å². The number of anilines is 1. The van der Waals surface area contributed by atoms with Gasteiger partial charge in [0.25, 0.3) is 0 Å². The highest BCUT2D eigenvalue weighted by molar-refractivity contribution is 5.53. The molecule has 1 atom stereocenters. The summed E-state index contributed by atoms with van der Waals surface area (Å²) in [7, 11) is 0. The van der Waals surface area contributed by atoms with Crippen LogP contribution in [0.1, 0.15) is 25.3 Å². The molecule has 3 heteroatoms. The quantitative estimate of drug-likeness (QED) is 0.574. The second-order valence-corrected chi connectivity index (χ2v) is 4.35. The zero-order valence-corrected chi connectivity index (χ0v) is 9.11. The Balaban J connectivity index is 2.07. The highest BCUT2D eigenvalue weighted by atomic mass is 16.3. The molecule has 0 radical (unpaired) electrons. The van der Waals surface area contributed by atoms with E-state index in [4.69, 9.17) is 5.73 Å². The lowest BCUT2D eigenvalue weighted by molar-refractivity contribution is 0.260. The van der Waals surface area contributed by atoms with Gasteiger partial charge in [0.2, 0.25) is 0 Å². The third-order valence-electron chi connectivity index (χ3n) is 3.17. The Kier molecular flexibility index (Phi) is 2.82. The average molecular weight is 206 g/mol. The van der Waals surface area contributed by atoms with Crippen molar-refractivity contribution in [3.63, 3.8) is 0 Å². The van der Waals surface area contributed by atoms with E-state index in [0.717, 1.165) is 6.54 Å². The van der Waals surface area contributed by atoms with Crippen LogP contribution in [0.2, 0.25) is 0 Å².